The molecule has 2 saturated heterocycles. The van der Waals surface area contributed by atoms with Crippen molar-refractivity contribution in [1.82, 2.24) is 4.90 Å². The Hall–Kier alpha value is -1.70. The lowest BCUT2D eigenvalue weighted by atomic mass is 9.80. The van der Waals surface area contributed by atoms with Crippen molar-refractivity contribution in [3.05, 3.63) is 38.9 Å². The summed E-state index contributed by atoms with van der Waals surface area (Å²) >= 11 is 6.02. The highest BCUT2D eigenvalue weighted by Gasteiger charge is 2.50. The number of carbonyl (C=O) groups excluding carboxylic acids is 1. The summed E-state index contributed by atoms with van der Waals surface area (Å²) in [5.41, 5.74) is -0.203. The SMILES string of the molecule is CC1(C)OCC2(CO1)CN(C(=O)c1cc([N+](=O)[O-])ccc1Cl)C2. The summed E-state index contributed by atoms with van der Waals surface area (Å²) in [6.45, 7) is 5.72. The van der Waals surface area contributed by atoms with Crippen molar-refractivity contribution in [3.63, 3.8) is 0 Å². The first kappa shape index (κ1) is 16.2. The number of carbonyl (C=O) groups is 1. The number of non-ortho nitro benzene ring substituents is 1. The van der Waals surface area contributed by atoms with Gasteiger partial charge in [-0.05, 0) is 19.9 Å². The largest absolute Gasteiger partial charge is 0.350 e. The van der Waals surface area contributed by atoms with Crippen LogP contribution < -0.4 is 0 Å². The standard InChI is InChI=1S/C15H17ClN2O5/c1-14(2)22-8-15(9-23-14)6-17(7-15)13(19)11-5-10(18(20)21)3-4-12(11)16/h3-5H,6-9H2,1-2H3. The van der Waals surface area contributed by atoms with E-state index in [1.165, 1.54) is 18.2 Å². The number of nitrogens with zero attached hydrogens (tertiary/aromatic N) is 2. The average molecular weight is 341 g/mol. The maximum atomic E-state index is 12.5. The monoisotopic (exact) mass is 340 g/mol. The Labute approximate surface area is 138 Å². The van der Waals surface area contributed by atoms with Crippen molar-refractivity contribution in [2.45, 2.75) is 19.6 Å². The minimum atomic E-state index is -0.598. The molecule has 23 heavy (non-hydrogen) atoms. The Balaban J connectivity index is 1.70. The molecular weight excluding hydrogens is 324 g/mol. The molecule has 2 aliphatic rings. The van der Waals surface area contributed by atoms with Gasteiger partial charge in [0.05, 0.1) is 34.1 Å². The van der Waals surface area contributed by atoms with Crippen LogP contribution in [0.15, 0.2) is 18.2 Å². The van der Waals surface area contributed by atoms with E-state index in [-0.39, 0.29) is 27.6 Å². The molecule has 1 aromatic carbocycles. The summed E-state index contributed by atoms with van der Waals surface area (Å²) in [7, 11) is 0. The highest BCUT2D eigenvalue weighted by molar-refractivity contribution is 6.34. The number of halogens is 1. The molecule has 0 saturated carbocycles. The van der Waals surface area contributed by atoms with Gasteiger partial charge in [-0.25, -0.2) is 0 Å². The molecule has 0 aromatic heterocycles. The van der Waals surface area contributed by atoms with Gasteiger partial charge in [0, 0.05) is 25.2 Å². The van der Waals surface area contributed by atoms with Crippen LogP contribution in [0.3, 0.4) is 0 Å². The van der Waals surface area contributed by atoms with E-state index in [0.717, 1.165) is 0 Å². The second kappa shape index (κ2) is 5.43. The summed E-state index contributed by atoms with van der Waals surface area (Å²) in [6.07, 6.45) is 0. The van der Waals surface area contributed by atoms with E-state index in [0.29, 0.717) is 26.3 Å². The fourth-order valence-corrected chi connectivity index (χ4v) is 2.99. The number of benzene rings is 1. The first-order valence-electron chi connectivity index (χ1n) is 7.23. The summed E-state index contributed by atoms with van der Waals surface area (Å²) in [4.78, 5) is 24.4. The van der Waals surface area contributed by atoms with Crippen LogP contribution in [-0.2, 0) is 9.47 Å². The minimum Gasteiger partial charge on any atom is -0.350 e. The third kappa shape index (κ3) is 3.04. The molecule has 8 heteroatoms. The normalized spacial score (nSPS) is 21.8. The van der Waals surface area contributed by atoms with Crippen molar-refractivity contribution in [1.29, 1.82) is 0 Å². The zero-order valence-electron chi connectivity index (χ0n) is 12.9. The van der Waals surface area contributed by atoms with Gasteiger partial charge in [0.25, 0.3) is 11.6 Å². The fourth-order valence-electron chi connectivity index (χ4n) is 2.79. The molecule has 7 nitrogen and oxygen atoms in total. The maximum absolute atomic E-state index is 12.5. The van der Waals surface area contributed by atoms with Gasteiger partial charge in [-0.1, -0.05) is 11.6 Å². The third-order valence-electron chi connectivity index (χ3n) is 4.18. The van der Waals surface area contributed by atoms with Crippen LogP contribution in [0.5, 0.6) is 0 Å². The van der Waals surface area contributed by atoms with Crippen LogP contribution in [0.1, 0.15) is 24.2 Å². The van der Waals surface area contributed by atoms with Crippen molar-refractivity contribution < 1.29 is 19.2 Å². The van der Waals surface area contributed by atoms with E-state index >= 15 is 0 Å². The van der Waals surface area contributed by atoms with Gasteiger partial charge in [0.2, 0.25) is 0 Å². The Bertz CT molecular complexity index is 658. The number of hydrogen-bond acceptors (Lipinski definition) is 5. The van der Waals surface area contributed by atoms with Crippen molar-refractivity contribution in [2.75, 3.05) is 26.3 Å². The molecule has 0 atom stereocenters. The van der Waals surface area contributed by atoms with E-state index in [1.807, 2.05) is 13.8 Å². The highest BCUT2D eigenvalue weighted by atomic mass is 35.5. The minimum absolute atomic E-state index is 0.147. The van der Waals surface area contributed by atoms with Gasteiger partial charge in [-0.3, -0.25) is 14.9 Å². The molecule has 1 amide bonds. The average Bonchev–Trinajstić information content (AvgIpc) is 2.45. The number of nitro groups is 1. The molecule has 1 aromatic rings. The first-order valence-corrected chi connectivity index (χ1v) is 7.60. The van der Waals surface area contributed by atoms with Gasteiger partial charge in [0.15, 0.2) is 5.79 Å². The van der Waals surface area contributed by atoms with Crippen LogP contribution in [-0.4, -0.2) is 47.8 Å². The lowest BCUT2D eigenvalue weighted by Gasteiger charge is -2.54. The number of rotatable bonds is 2. The molecule has 3 rings (SSSR count). The van der Waals surface area contributed by atoms with Crippen LogP contribution in [0.2, 0.25) is 5.02 Å². The predicted octanol–water partition coefficient (Wildman–Crippen LogP) is 2.47. The van der Waals surface area contributed by atoms with Crippen molar-refractivity contribution in [3.8, 4) is 0 Å². The molecule has 124 valence electrons. The zero-order valence-corrected chi connectivity index (χ0v) is 13.6. The molecular formula is C15H17ClN2O5. The Morgan fingerprint density at radius 3 is 2.48 bits per heavy atom. The lowest BCUT2D eigenvalue weighted by molar-refractivity contribution is -0.384. The van der Waals surface area contributed by atoms with E-state index < -0.39 is 10.7 Å². The second-order valence-electron chi connectivity index (χ2n) is 6.56. The van der Waals surface area contributed by atoms with Crippen molar-refractivity contribution in [2.24, 2.45) is 5.41 Å². The predicted molar refractivity (Wildman–Crippen MR) is 82.4 cm³/mol. The van der Waals surface area contributed by atoms with E-state index in [2.05, 4.69) is 0 Å². The van der Waals surface area contributed by atoms with Gasteiger partial charge in [-0.2, -0.15) is 0 Å². The summed E-state index contributed by atoms with van der Waals surface area (Å²) in [5.74, 6) is -0.909. The Kier molecular flexibility index (Phi) is 3.82. The quantitative estimate of drug-likeness (QED) is 0.610. The second-order valence-corrected chi connectivity index (χ2v) is 6.97. The Morgan fingerprint density at radius 2 is 1.91 bits per heavy atom. The van der Waals surface area contributed by atoms with Crippen LogP contribution in [0.25, 0.3) is 0 Å². The number of nitro benzene ring substituents is 1. The molecule has 0 unspecified atom stereocenters. The molecule has 0 aliphatic carbocycles. The molecule has 2 fully saturated rings. The smallest absolute Gasteiger partial charge is 0.270 e. The van der Waals surface area contributed by atoms with Crippen molar-refractivity contribution >= 4 is 23.2 Å². The molecule has 2 heterocycles. The van der Waals surface area contributed by atoms with E-state index in [4.69, 9.17) is 21.1 Å². The van der Waals surface area contributed by atoms with Gasteiger partial charge in [0.1, 0.15) is 0 Å². The van der Waals surface area contributed by atoms with Gasteiger partial charge < -0.3 is 14.4 Å². The van der Waals surface area contributed by atoms with Gasteiger partial charge in [-0.15, -0.1) is 0 Å². The number of ether oxygens (including phenoxy) is 2. The molecule has 0 radical (unpaired) electrons. The van der Waals surface area contributed by atoms with Crippen LogP contribution in [0, 0.1) is 15.5 Å². The summed E-state index contributed by atoms with van der Waals surface area (Å²) in [6, 6.07) is 3.87. The van der Waals surface area contributed by atoms with Crippen LogP contribution >= 0.6 is 11.6 Å². The van der Waals surface area contributed by atoms with Crippen LogP contribution in [0.4, 0.5) is 5.69 Å². The van der Waals surface area contributed by atoms with E-state index in [1.54, 1.807) is 4.90 Å². The topological polar surface area (TPSA) is 81.9 Å². The maximum Gasteiger partial charge on any atom is 0.270 e. The van der Waals surface area contributed by atoms with Gasteiger partial charge >= 0.3 is 0 Å². The molecule has 1 spiro atoms. The van der Waals surface area contributed by atoms with E-state index in [9.17, 15) is 14.9 Å². The highest BCUT2D eigenvalue weighted by Crippen LogP contribution is 2.38. The zero-order chi connectivity index (χ0) is 16.8. The fraction of sp³-hybridized carbons (Fsp3) is 0.533. The molecule has 0 bridgehead atoms. The number of hydrogen-bond donors (Lipinski definition) is 0. The molecule has 0 N–H and O–H groups in total. The first-order chi connectivity index (χ1) is 10.7. The molecule has 2 aliphatic heterocycles. The number of likely N-dealkylation sites (tertiary alicyclic amines) is 1. The lowest BCUT2D eigenvalue weighted by Crippen LogP contribution is -2.65. The third-order valence-corrected chi connectivity index (χ3v) is 4.51. The summed E-state index contributed by atoms with van der Waals surface area (Å²) < 4.78 is 11.3. The Morgan fingerprint density at radius 1 is 1.30 bits per heavy atom. The summed E-state index contributed by atoms with van der Waals surface area (Å²) in [5, 5.41) is 11.1. The number of amides is 1.